The Hall–Kier alpha value is -11.7. The summed E-state index contributed by atoms with van der Waals surface area (Å²) in [5.74, 6) is -4.68. The second kappa shape index (κ2) is 41.9. The number of morpholine rings is 3. The lowest BCUT2D eigenvalue weighted by atomic mass is 10.0. The Bertz CT molecular complexity index is 5020. The molecule has 8 aromatic rings. The molecule has 0 aliphatic carbocycles. The van der Waals surface area contributed by atoms with Crippen LogP contribution in [0.1, 0.15) is 83.8 Å². The van der Waals surface area contributed by atoms with Crippen molar-refractivity contribution in [3.8, 4) is 28.9 Å². The van der Waals surface area contributed by atoms with Crippen LogP contribution in [0.3, 0.4) is 0 Å². The highest BCUT2D eigenvalue weighted by Gasteiger charge is 2.39. The van der Waals surface area contributed by atoms with Crippen molar-refractivity contribution < 1.29 is 106 Å². The number of piperidine rings is 2. The molecule has 13 rings (SSSR count). The third-order valence-electron chi connectivity index (χ3n) is 20.0. The van der Waals surface area contributed by atoms with E-state index in [2.05, 4.69) is 86.9 Å². The minimum Gasteiger partial charge on any atom is -0.507 e. The number of phenols is 2. The highest BCUT2D eigenvalue weighted by atomic mass is 35.5. The van der Waals surface area contributed by atoms with Gasteiger partial charge in [-0.1, -0.05) is 23.2 Å². The minimum absolute atomic E-state index is 0.00240. The minimum atomic E-state index is -4.64. The van der Waals surface area contributed by atoms with Crippen LogP contribution >= 0.6 is 23.2 Å². The van der Waals surface area contributed by atoms with E-state index >= 15 is 4.39 Å². The summed E-state index contributed by atoms with van der Waals surface area (Å²) in [4.78, 5) is 92.4. The van der Waals surface area contributed by atoms with Gasteiger partial charge in [-0.25, -0.2) is 28.7 Å². The smallest absolute Gasteiger partial charge is 0.421 e. The quantitative estimate of drug-likeness (QED) is 0.0253. The number of amides is 4. The van der Waals surface area contributed by atoms with E-state index in [4.69, 9.17) is 51.6 Å². The van der Waals surface area contributed by atoms with Gasteiger partial charge in [0.05, 0.1) is 112 Å². The van der Waals surface area contributed by atoms with Crippen molar-refractivity contribution in [1.82, 2.24) is 69.3 Å². The molecule has 4 aromatic heterocycles. The van der Waals surface area contributed by atoms with Gasteiger partial charge in [-0.3, -0.25) is 24.1 Å². The van der Waals surface area contributed by atoms with Gasteiger partial charge >= 0.3 is 18.5 Å². The maximum absolute atomic E-state index is 15.0. The molecular formula is C77H88Cl2F11N21O12. The first kappa shape index (κ1) is 93.6. The normalized spacial score (nSPS) is 15.6. The van der Waals surface area contributed by atoms with Crippen LogP contribution in [-0.2, 0) is 32.7 Å². The molecule has 0 bridgehead atoms. The van der Waals surface area contributed by atoms with Crippen molar-refractivity contribution in [2.24, 2.45) is 0 Å². The molecule has 4 amide bonds. The van der Waals surface area contributed by atoms with Gasteiger partial charge < -0.3 is 100 Å². The number of anilines is 11. The monoisotopic (exact) mass is 1780 g/mol. The third-order valence-corrected chi connectivity index (χ3v) is 20.5. The molecule has 46 heteroatoms. The third kappa shape index (κ3) is 24.2. The standard InChI is InChI=1S/C23H28F4N6O3.C21H26F4N6O2.C17H17ClF3N5O3.C16H17ClN4O4/c1-28-20-16(23(25,26)27)13-29-22(31-20)30-18-12-17(24)15(11-19(18)35-2)21(34)33-5-3-14(4-6-33)32-7-9-36-10-8-32;1-26-18-14(21(23,24)25)11-27-20(29-18)28-16-10-15(22)13(9-17(16)33-4)19(32)31(3)12-5-7-30(2)8-6-12;1-22-14-10(17(19,20)21)8-23-16(25-14)24-12-7-13(27)9(6-11(12)18)15(28)26-2-4-29-5-3-26;1-24-14-11(17)9-18-16(20-14)19-12-3-2-10(8-13(12)22)15(23)21-4-6-25-7-5-21/h11-14H,3-10H2,1-2H3,(H2,28,29,30,31);9-12H,5-8H2,1-4H3,(H2,26,27,28,29);6-8,27H,2-5H2,1H3,(H2,22,23,24,25);2-3,8-9,22H,4-7H2,1H3,(H,18,19,20). The van der Waals surface area contributed by atoms with E-state index in [9.17, 15) is 73.3 Å². The number of rotatable bonds is 20. The Morgan fingerprint density at radius 1 is 0.472 bits per heavy atom. The SMILES string of the molecule is CNc1nc(Nc2cc(F)c(C(=O)N(C)C3CCN(C)CC3)cc2OC)ncc1C(F)(F)F.CNc1nc(Nc2cc(F)c(C(=O)N3CCC(N4CCOCC4)CC3)cc2OC)ncc1C(F)(F)F.CNc1nc(Nc2cc(O)c(C(=O)N3CCOCC3)cc2Cl)ncc1C(F)(F)F.COc1nc(Nc2ccc(C(=O)N3CCOCC3)cc2O)ncc1Cl. The summed E-state index contributed by atoms with van der Waals surface area (Å²) in [6, 6.07) is 12.1. The van der Waals surface area contributed by atoms with Crippen LogP contribution in [0.4, 0.5) is 112 Å². The molecule has 0 spiro atoms. The van der Waals surface area contributed by atoms with Gasteiger partial charge in [0.15, 0.2) is 0 Å². The van der Waals surface area contributed by atoms with E-state index in [1.54, 1.807) is 29.0 Å². The maximum Gasteiger partial charge on any atom is 0.421 e. The van der Waals surface area contributed by atoms with Crippen LogP contribution in [0.2, 0.25) is 10.0 Å². The van der Waals surface area contributed by atoms with Crippen molar-refractivity contribution >= 4 is 111 Å². The summed E-state index contributed by atoms with van der Waals surface area (Å²) < 4.78 is 179. The number of benzene rings is 4. The fourth-order valence-corrected chi connectivity index (χ4v) is 13.7. The molecule has 0 radical (unpaired) electrons. The van der Waals surface area contributed by atoms with Crippen molar-refractivity contribution in [3.63, 3.8) is 0 Å². The highest BCUT2D eigenvalue weighted by molar-refractivity contribution is 6.34. The number of nitrogens with one attached hydrogen (secondary N) is 7. The van der Waals surface area contributed by atoms with Gasteiger partial charge in [0, 0.05) is 135 Å². The number of carbonyl (C=O) groups is 4. The predicted octanol–water partition coefficient (Wildman–Crippen LogP) is 12.1. The Balaban J connectivity index is 0.000000173. The zero-order chi connectivity index (χ0) is 89.2. The molecule has 9 heterocycles. The number of hydrogen-bond acceptors (Lipinski definition) is 29. The van der Waals surface area contributed by atoms with Crippen LogP contribution in [0, 0.1) is 11.6 Å². The molecule has 664 valence electrons. The van der Waals surface area contributed by atoms with Crippen molar-refractivity contribution in [3.05, 3.63) is 140 Å². The molecule has 4 aromatic carbocycles. The van der Waals surface area contributed by atoms with Gasteiger partial charge in [-0.15, -0.1) is 0 Å². The number of carbonyl (C=O) groups excluding carboxylic acids is 4. The maximum atomic E-state index is 15.0. The fourth-order valence-electron chi connectivity index (χ4n) is 13.3. The Kier molecular flexibility index (Phi) is 31.9. The predicted molar refractivity (Wildman–Crippen MR) is 431 cm³/mol. The highest BCUT2D eigenvalue weighted by Crippen LogP contribution is 2.41. The van der Waals surface area contributed by atoms with E-state index in [-0.39, 0.29) is 108 Å². The van der Waals surface area contributed by atoms with Gasteiger partial charge in [0.2, 0.25) is 29.7 Å². The van der Waals surface area contributed by atoms with Gasteiger partial charge in [-0.05, 0) is 82.2 Å². The number of hydrogen-bond donors (Lipinski definition) is 9. The summed E-state index contributed by atoms with van der Waals surface area (Å²) in [5.41, 5.74) is -2.37. The molecule has 5 fully saturated rings. The number of ether oxygens (including phenoxy) is 6. The van der Waals surface area contributed by atoms with E-state index < -0.39 is 82.0 Å². The molecule has 0 saturated carbocycles. The van der Waals surface area contributed by atoms with Gasteiger partial charge in [-0.2, -0.15) is 59.4 Å². The first-order valence-corrected chi connectivity index (χ1v) is 38.7. The second-order valence-corrected chi connectivity index (χ2v) is 28.6. The van der Waals surface area contributed by atoms with Crippen LogP contribution in [0.25, 0.3) is 0 Å². The molecule has 5 aliphatic rings. The zero-order valence-electron chi connectivity index (χ0n) is 67.5. The number of phenolic OH excluding ortho intramolecular Hbond substituents is 2. The summed E-state index contributed by atoms with van der Waals surface area (Å²) in [6.07, 6.45) is -7.45. The molecular weight excluding hydrogens is 1690 g/mol. The molecule has 33 nitrogen and oxygen atoms in total. The van der Waals surface area contributed by atoms with Crippen LogP contribution in [0.5, 0.6) is 28.9 Å². The number of aromatic hydroxyl groups is 2. The van der Waals surface area contributed by atoms with Crippen LogP contribution in [-0.4, -0.2) is 277 Å². The van der Waals surface area contributed by atoms with Gasteiger partial charge in [0.1, 0.15) is 73.8 Å². The molecule has 123 heavy (non-hydrogen) atoms. The Morgan fingerprint density at radius 2 is 0.886 bits per heavy atom. The topological polar surface area (TPSA) is 371 Å². The number of alkyl halides is 9. The Morgan fingerprint density at radius 3 is 1.34 bits per heavy atom. The molecule has 0 atom stereocenters. The lowest BCUT2D eigenvalue weighted by molar-refractivity contribution is -0.138. The number of nitrogens with zero attached hydrogens (tertiary/aromatic N) is 14. The average Bonchev–Trinajstić information content (AvgIpc) is 0.800. The number of halogens is 13. The first-order chi connectivity index (χ1) is 58.5. The molecule has 5 aliphatic heterocycles. The van der Waals surface area contributed by atoms with E-state index in [0.29, 0.717) is 115 Å². The lowest BCUT2D eigenvalue weighted by Gasteiger charge is -2.40. The van der Waals surface area contributed by atoms with Crippen molar-refractivity contribution in [1.29, 1.82) is 0 Å². The summed E-state index contributed by atoms with van der Waals surface area (Å²) in [5, 5.41) is 38.8. The van der Waals surface area contributed by atoms with Crippen molar-refractivity contribution in [2.45, 2.75) is 56.3 Å². The number of aromatic nitrogens is 8. The van der Waals surface area contributed by atoms with Crippen LogP contribution < -0.4 is 51.4 Å². The second-order valence-electron chi connectivity index (χ2n) is 27.7. The Labute approximate surface area is 707 Å². The molecule has 9 N–H and O–H groups in total. The molecule has 5 saturated heterocycles. The molecule has 0 unspecified atom stereocenters. The van der Waals surface area contributed by atoms with E-state index in [1.165, 1.54) is 88.8 Å². The van der Waals surface area contributed by atoms with Crippen molar-refractivity contribution in [2.75, 3.05) is 199 Å². The van der Waals surface area contributed by atoms with E-state index in [1.807, 2.05) is 7.05 Å². The summed E-state index contributed by atoms with van der Waals surface area (Å²) in [7, 11) is 11.7. The van der Waals surface area contributed by atoms with E-state index in [0.717, 1.165) is 64.0 Å². The van der Waals surface area contributed by atoms with Crippen LogP contribution in [0.15, 0.2) is 79.4 Å². The number of methoxy groups -OCH3 is 3. The van der Waals surface area contributed by atoms with Gasteiger partial charge in [0.25, 0.3) is 23.6 Å². The fraction of sp³-hybridized carbons (Fsp3) is 0.429. The summed E-state index contributed by atoms with van der Waals surface area (Å²) in [6.45, 7) is 9.57. The zero-order valence-corrected chi connectivity index (χ0v) is 69.0. The average molecular weight is 1780 g/mol. The lowest BCUT2D eigenvalue weighted by Crippen LogP contribution is -2.50. The summed E-state index contributed by atoms with van der Waals surface area (Å²) >= 11 is 12.1. The largest absolute Gasteiger partial charge is 0.507 e. The first-order valence-electron chi connectivity index (χ1n) is 38.0. The number of likely N-dealkylation sites (tertiary alicyclic amines) is 2.